The van der Waals surface area contributed by atoms with Crippen LogP contribution in [0.15, 0.2) is 18.2 Å². The van der Waals surface area contributed by atoms with E-state index in [0.29, 0.717) is 0 Å². The first kappa shape index (κ1) is 12.7. The molecule has 2 aliphatic rings. The summed E-state index contributed by atoms with van der Waals surface area (Å²) in [5.41, 5.74) is 2.18. The van der Waals surface area contributed by atoms with Gasteiger partial charge in [-0.05, 0) is 38.6 Å². The quantitative estimate of drug-likeness (QED) is 0.839. The molecule has 0 spiro atoms. The van der Waals surface area contributed by atoms with Gasteiger partial charge in [-0.3, -0.25) is 0 Å². The highest BCUT2D eigenvalue weighted by Gasteiger charge is 2.47. The topological polar surface area (TPSA) is 24.5 Å². The van der Waals surface area contributed by atoms with Gasteiger partial charge in [0.2, 0.25) is 0 Å². The molecule has 0 saturated carbocycles. The molecule has 1 N–H and O–H groups in total. The molecule has 19 heavy (non-hydrogen) atoms. The number of aryl methyl sites for hydroxylation is 1. The number of nitrogens with zero attached hydrogens (tertiary/aromatic N) is 1. The Morgan fingerprint density at radius 2 is 2.32 bits per heavy atom. The molecule has 2 unspecified atom stereocenters. The molecule has 1 aromatic rings. The van der Waals surface area contributed by atoms with Crippen molar-refractivity contribution in [1.82, 2.24) is 10.2 Å². The SMILES string of the molecule is CCCN1C(=S)NC2CC1(C)Oc1ccc(C)cc12. The first-order chi connectivity index (χ1) is 9.03. The van der Waals surface area contributed by atoms with Gasteiger partial charge in [-0.15, -0.1) is 0 Å². The van der Waals surface area contributed by atoms with Crippen LogP contribution in [0.5, 0.6) is 5.75 Å². The van der Waals surface area contributed by atoms with E-state index in [4.69, 9.17) is 17.0 Å². The Balaban J connectivity index is 2.03. The lowest BCUT2D eigenvalue weighted by molar-refractivity contribution is -0.0680. The molecule has 4 heteroatoms. The molecule has 1 saturated heterocycles. The molecule has 1 aromatic carbocycles. The molecule has 0 aromatic heterocycles. The van der Waals surface area contributed by atoms with E-state index in [0.717, 1.165) is 30.2 Å². The van der Waals surface area contributed by atoms with Crippen molar-refractivity contribution in [3.05, 3.63) is 29.3 Å². The zero-order valence-corrected chi connectivity index (χ0v) is 12.5. The lowest BCUT2D eigenvalue weighted by Gasteiger charge is -2.52. The van der Waals surface area contributed by atoms with Crippen LogP contribution in [0.4, 0.5) is 0 Å². The molecule has 2 aliphatic heterocycles. The van der Waals surface area contributed by atoms with E-state index in [1.807, 2.05) is 0 Å². The molecular formula is C15H20N2OS. The van der Waals surface area contributed by atoms with Crippen LogP contribution in [-0.4, -0.2) is 22.3 Å². The molecule has 1 fully saturated rings. The van der Waals surface area contributed by atoms with Crippen LogP contribution in [0.3, 0.4) is 0 Å². The first-order valence-electron chi connectivity index (χ1n) is 6.91. The van der Waals surface area contributed by atoms with Crippen molar-refractivity contribution in [1.29, 1.82) is 0 Å². The Kier molecular flexibility index (Phi) is 2.93. The molecule has 3 rings (SSSR count). The summed E-state index contributed by atoms with van der Waals surface area (Å²) in [6, 6.07) is 6.65. The number of fused-ring (bicyclic) bond motifs is 4. The van der Waals surface area contributed by atoms with E-state index in [2.05, 4.69) is 49.2 Å². The standard InChI is InChI=1S/C15H20N2OS/c1-4-7-17-14(19)16-12-9-15(17,3)18-13-6-5-10(2)8-11(12)13/h5-6,8,12H,4,7,9H2,1-3H3,(H,16,19). The predicted molar refractivity (Wildman–Crippen MR) is 80.3 cm³/mol. The van der Waals surface area contributed by atoms with Crippen LogP contribution in [-0.2, 0) is 0 Å². The molecule has 0 aliphatic carbocycles. The van der Waals surface area contributed by atoms with Crippen LogP contribution in [0.1, 0.15) is 43.9 Å². The van der Waals surface area contributed by atoms with Crippen LogP contribution in [0.25, 0.3) is 0 Å². The summed E-state index contributed by atoms with van der Waals surface area (Å²) >= 11 is 5.52. The van der Waals surface area contributed by atoms with Crippen molar-refractivity contribution < 1.29 is 4.74 Å². The third kappa shape index (κ3) is 1.98. The monoisotopic (exact) mass is 276 g/mol. The van der Waals surface area contributed by atoms with Gasteiger partial charge in [-0.2, -0.15) is 0 Å². The number of hydrogen-bond donors (Lipinski definition) is 1. The highest BCUT2D eigenvalue weighted by Crippen LogP contribution is 2.44. The molecule has 3 nitrogen and oxygen atoms in total. The van der Waals surface area contributed by atoms with Crippen molar-refractivity contribution in [3.63, 3.8) is 0 Å². The summed E-state index contributed by atoms with van der Waals surface area (Å²) < 4.78 is 6.28. The number of nitrogens with one attached hydrogen (secondary N) is 1. The van der Waals surface area contributed by atoms with E-state index in [1.165, 1.54) is 11.1 Å². The van der Waals surface area contributed by atoms with Gasteiger partial charge in [0.05, 0.1) is 6.04 Å². The lowest BCUT2D eigenvalue weighted by atomic mass is 9.90. The number of ether oxygens (including phenoxy) is 1. The van der Waals surface area contributed by atoms with Gasteiger partial charge in [0.1, 0.15) is 5.75 Å². The van der Waals surface area contributed by atoms with Crippen molar-refractivity contribution in [3.8, 4) is 5.75 Å². The van der Waals surface area contributed by atoms with Crippen LogP contribution >= 0.6 is 12.2 Å². The van der Waals surface area contributed by atoms with Gasteiger partial charge in [-0.1, -0.05) is 24.6 Å². The smallest absolute Gasteiger partial charge is 0.184 e. The Morgan fingerprint density at radius 1 is 1.53 bits per heavy atom. The molecular weight excluding hydrogens is 256 g/mol. The average Bonchev–Trinajstić information content (AvgIpc) is 2.35. The second kappa shape index (κ2) is 4.37. The third-order valence-corrected chi connectivity index (χ3v) is 4.35. The van der Waals surface area contributed by atoms with E-state index in [9.17, 15) is 0 Å². The molecule has 0 radical (unpaired) electrons. The van der Waals surface area contributed by atoms with Gasteiger partial charge in [0, 0.05) is 18.5 Å². The second-order valence-corrected chi connectivity index (χ2v) is 6.06. The van der Waals surface area contributed by atoms with Gasteiger partial charge in [-0.25, -0.2) is 0 Å². The van der Waals surface area contributed by atoms with Gasteiger partial charge < -0.3 is 15.0 Å². The van der Waals surface area contributed by atoms with Crippen LogP contribution in [0, 0.1) is 6.92 Å². The Bertz CT molecular complexity index is 531. The predicted octanol–water partition coefficient (Wildman–Crippen LogP) is 3.13. The van der Waals surface area contributed by atoms with Gasteiger partial charge >= 0.3 is 0 Å². The summed E-state index contributed by atoms with van der Waals surface area (Å²) in [7, 11) is 0. The number of hydrogen-bond acceptors (Lipinski definition) is 2. The molecule has 102 valence electrons. The maximum absolute atomic E-state index is 6.28. The van der Waals surface area contributed by atoms with Crippen molar-refractivity contribution in [2.75, 3.05) is 6.54 Å². The summed E-state index contributed by atoms with van der Waals surface area (Å²) in [6.07, 6.45) is 2.00. The van der Waals surface area contributed by atoms with Crippen LogP contribution in [0.2, 0.25) is 0 Å². The third-order valence-electron chi connectivity index (χ3n) is 4.01. The fourth-order valence-corrected chi connectivity index (χ4v) is 3.52. The Hall–Kier alpha value is -1.29. The fraction of sp³-hybridized carbons (Fsp3) is 0.533. The highest BCUT2D eigenvalue weighted by atomic mass is 32.1. The highest BCUT2D eigenvalue weighted by molar-refractivity contribution is 7.80. The Labute approximate surface area is 119 Å². The van der Waals surface area contributed by atoms with Crippen molar-refractivity contribution in [2.45, 2.75) is 45.4 Å². The largest absolute Gasteiger partial charge is 0.468 e. The van der Waals surface area contributed by atoms with E-state index >= 15 is 0 Å². The molecule has 2 bridgehead atoms. The maximum atomic E-state index is 6.28. The van der Waals surface area contributed by atoms with Crippen molar-refractivity contribution in [2.24, 2.45) is 0 Å². The number of thiocarbonyl (C=S) groups is 1. The van der Waals surface area contributed by atoms with E-state index in [-0.39, 0.29) is 11.8 Å². The summed E-state index contributed by atoms with van der Waals surface area (Å²) in [6.45, 7) is 7.35. The van der Waals surface area contributed by atoms with Gasteiger partial charge in [0.25, 0.3) is 0 Å². The molecule has 2 atom stereocenters. The molecule has 2 heterocycles. The minimum Gasteiger partial charge on any atom is -0.468 e. The first-order valence-corrected chi connectivity index (χ1v) is 7.32. The minimum atomic E-state index is -0.314. The Morgan fingerprint density at radius 3 is 3.05 bits per heavy atom. The van der Waals surface area contributed by atoms with Crippen molar-refractivity contribution >= 4 is 17.3 Å². The number of rotatable bonds is 2. The summed E-state index contributed by atoms with van der Waals surface area (Å²) in [5.74, 6) is 0.987. The number of benzene rings is 1. The lowest BCUT2D eigenvalue weighted by Crippen LogP contribution is -2.64. The van der Waals surface area contributed by atoms with E-state index in [1.54, 1.807) is 0 Å². The normalized spacial score (nSPS) is 28.5. The van der Waals surface area contributed by atoms with Gasteiger partial charge in [0.15, 0.2) is 10.8 Å². The minimum absolute atomic E-state index is 0.272. The van der Waals surface area contributed by atoms with Crippen LogP contribution < -0.4 is 10.1 Å². The van der Waals surface area contributed by atoms with E-state index < -0.39 is 0 Å². The summed E-state index contributed by atoms with van der Waals surface area (Å²) in [4.78, 5) is 2.18. The zero-order chi connectivity index (χ0) is 13.6. The summed E-state index contributed by atoms with van der Waals surface area (Å²) in [5, 5.41) is 4.28. The maximum Gasteiger partial charge on any atom is 0.184 e. The average molecular weight is 276 g/mol. The second-order valence-electron chi connectivity index (χ2n) is 5.68. The zero-order valence-electron chi connectivity index (χ0n) is 11.7. The molecule has 0 amide bonds. The fourth-order valence-electron chi connectivity index (χ4n) is 3.10.